The molecule has 0 radical (unpaired) electrons. The molecule has 8 heteroatoms. The van der Waals surface area contributed by atoms with E-state index in [4.69, 9.17) is 21.3 Å². The number of ether oxygens (including phenoxy) is 1. The Morgan fingerprint density at radius 3 is 2.55 bits per heavy atom. The summed E-state index contributed by atoms with van der Waals surface area (Å²) in [4.78, 5) is 33.0. The molecule has 2 aliphatic rings. The molecule has 6 rings (SSSR count). The first-order valence-electron chi connectivity index (χ1n) is 12.8. The lowest BCUT2D eigenvalue weighted by Crippen LogP contribution is -2.36. The Bertz CT molecular complexity index is 1550. The number of nitrogens with one attached hydrogen (secondary N) is 2. The van der Waals surface area contributed by atoms with Crippen molar-refractivity contribution in [3.63, 3.8) is 0 Å². The molecule has 4 aromatic rings. The summed E-state index contributed by atoms with van der Waals surface area (Å²) in [5.74, 6) is 0.191. The summed E-state index contributed by atoms with van der Waals surface area (Å²) in [5.41, 5.74) is 4.93. The molecule has 0 unspecified atom stereocenters. The van der Waals surface area contributed by atoms with Gasteiger partial charge in [-0.25, -0.2) is 0 Å². The van der Waals surface area contributed by atoms with Gasteiger partial charge in [-0.05, 0) is 92.5 Å². The SMILES string of the molecule is O=C(Nc1ccc(Cl)c(NC(=O)c2ccc3nc(CN4CCC4)ccc3c2)c1)c1ccc2c(c1)OCCC2. The van der Waals surface area contributed by atoms with E-state index in [1.165, 1.54) is 6.42 Å². The minimum atomic E-state index is -0.297. The minimum Gasteiger partial charge on any atom is -0.493 e. The fourth-order valence-electron chi connectivity index (χ4n) is 4.74. The van der Waals surface area contributed by atoms with Crippen molar-refractivity contribution in [1.82, 2.24) is 9.88 Å². The van der Waals surface area contributed by atoms with E-state index in [2.05, 4.69) is 15.5 Å². The number of anilines is 2. The normalized spacial score (nSPS) is 14.8. The molecule has 0 saturated carbocycles. The van der Waals surface area contributed by atoms with Gasteiger partial charge in [-0.2, -0.15) is 0 Å². The van der Waals surface area contributed by atoms with Crippen LogP contribution < -0.4 is 15.4 Å². The minimum absolute atomic E-state index is 0.267. The first kappa shape index (κ1) is 24.4. The van der Waals surface area contributed by atoms with Crippen LogP contribution in [-0.2, 0) is 13.0 Å². The van der Waals surface area contributed by atoms with Gasteiger partial charge in [0, 0.05) is 28.7 Å². The average Bonchev–Trinajstić information content (AvgIpc) is 2.92. The van der Waals surface area contributed by atoms with Crippen molar-refractivity contribution in [3.8, 4) is 5.75 Å². The molecule has 2 aliphatic heterocycles. The molecule has 0 bridgehead atoms. The van der Waals surface area contributed by atoms with E-state index < -0.39 is 0 Å². The molecule has 0 aliphatic carbocycles. The zero-order valence-corrected chi connectivity index (χ0v) is 21.6. The lowest BCUT2D eigenvalue weighted by atomic mass is 10.0. The van der Waals surface area contributed by atoms with Gasteiger partial charge in [0.15, 0.2) is 0 Å². The second kappa shape index (κ2) is 10.4. The van der Waals surface area contributed by atoms with Crippen molar-refractivity contribution < 1.29 is 14.3 Å². The average molecular weight is 527 g/mol. The highest BCUT2D eigenvalue weighted by molar-refractivity contribution is 6.34. The third kappa shape index (κ3) is 5.21. The number of benzene rings is 3. The Morgan fingerprint density at radius 2 is 1.71 bits per heavy atom. The maximum absolute atomic E-state index is 13.1. The molecule has 0 spiro atoms. The van der Waals surface area contributed by atoms with Gasteiger partial charge in [0.1, 0.15) is 5.75 Å². The van der Waals surface area contributed by atoms with Crippen LogP contribution in [0.5, 0.6) is 5.75 Å². The summed E-state index contributed by atoms with van der Waals surface area (Å²) in [5, 5.41) is 7.02. The Balaban J connectivity index is 1.15. The van der Waals surface area contributed by atoms with Crippen molar-refractivity contribution >= 4 is 45.7 Å². The molecule has 1 saturated heterocycles. The molecular formula is C30H27ClN4O3. The fourth-order valence-corrected chi connectivity index (χ4v) is 4.91. The first-order chi connectivity index (χ1) is 18.5. The molecule has 38 heavy (non-hydrogen) atoms. The quantitative estimate of drug-likeness (QED) is 0.325. The number of nitrogens with zero attached hydrogens (tertiary/aromatic N) is 2. The summed E-state index contributed by atoms with van der Waals surface area (Å²) in [6, 6.07) is 20.0. The molecule has 1 fully saturated rings. The number of amides is 2. The lowest BCUT2D eigenvalue weighted by molar-refractivity contribution is 0.101. The smallest absolute Gasteiger partial charge is 0.255 e. The Hall–Kier alpha value is -3.94. The topological polar surface area (TPSA) is 83.6 Å². The zero-order valence-electron chi connectivity index (χ0n) is 20.8. The van der Waals surface area contributed by atoms with Gasteiger partial charge in [0.2, 0.25) is 0 Å². The Labute approximate surface area is 225 Å². The van der Waals surface area contributed by atoms with Gasteiger partial charge in [0.25, 0.3) is 11.8 Å². The Morgan fingerprint density at radius 1 is 0.895 bits per heavy atom. The highest BCUT2D eigenvalue weighted by Gasteiger charge is 2.17. The number of hydrogen-bond acceptors (Lipinski definition) is 5. The summed E-state index contributed by atoms with van der Waals surface area (Å²) < 4.78 is 5.69. The standard InChI is InChI=1S/C30H27ClN4O3/c31-25-10-9-23(33-29(36)22-5-4-19-3-1-14-38-28(19)16-22)17-27(25)34-30(37)21-7-11-26-20(15-21)6-8-24(32-26)18-35-12-2-13-35/h4-11,15-17H,1-3,12-14,18H2,(H,33,36)(H,34,37). The van der Waals surface area contributed by atoms with Gasteiger partial charge in [-0.15, -0.1) is 0 Å². The summed E-state index contributed by atoms with van der Waals surface area (Å²) in [7, 11) is 0. The van der Waals surface area contributed by atoms with Crippen LogP contribution in [0.15, 0.2) is 66.7 Å². The van der Waals surface area contributed by atoms with Gasteiger partial charge in [0.05, 0.1) is 28.5 Å². The Kier molecular flexibility index (Phi) is 6.70. The molecule has 2 amide bonds. The van der Waals surface area contributed by atoms with Crippen LogP contribution in [0.3, 0.4) is 0 Å². The van der Waals surface area contributed by atoms with E-state index in [9.17, 15) is 9.59 Å². The maximum atomic E-state index is 13.1. The number of fused-ring (bicyclic) bond motifs is 2. The number of carbonyl (C=O) groups excluding carboxylic acids is 2. The summed E-state index contributed by atoms with van der Waals surface area (Å²) >= 11 is 6.37. The van der Waals surface area contributed by atoms with E-state index in [1.54, 1.807) is 36.4 Å². The fraction of sp³-hybridized carbons (Fsp3) is 0.233. The highest BCUT2D eigenvalue weighted by atomic mass is 35.5. The van der Waals surface area contributed by atoms with E-state index >= 15 is 0 Å². The number of likely N-dealkylation sites (tertiary alicyclic amines) is 1. The molecule has 3 heterocycles. The molecule has 1 aromatic heterocycles. The monoisotopic (exact) mass is 526 g/mol. The summed E-state index contributed by atoms with van der Waals surface area (Å²) in [6.45, 7) is 3.75. The molecule has 192 valence electrons. The first-order valence-corrected chi connectivity index (χ1v) is 13.2. The molecular weight excluding hydrogens is 500 g/mol. The number of pyridine rings is 1. The van der Waals surface area contributed by atoms with E-state index in [1.807, 2.05) is 30.3 Å². The van der Waals surface area contributed by atoms with Crippen LogP contribution in [0.25, 0.3) is 10.9 Å². The number of aromatic nitrogens is 1. The molecule has 0 atom stereocenters. The third-order valence-electron chi connectivity index (χ3n) is 6.99. The molecule has 2 N–H and O–H groups in total. The van der Waals surface area contributed by atoms with Crippen LogP contribution in [0.1, 0.15) is 44.8 Å². The third-order valence-corrected chi connectivity index (χ3v) is 7.32. The number of rotatable bonds is 6. The second-order valence-corrected chi connectivity index (χ2v) is 10.1. The van der Waals surface area contributed by atoms with Crippen molar-refractivity contribution in [3.05, 3.63) is 94.1 Å². The van der Waals surface area contributed by atoms with Crippen molar-refractivity contribution in [2.24, 2.45) is 0 Å². The number of aryl methyl sites for hydroxylation is 1. The van der Waals surface area contributed by atoms with Crippen LogP contribution in [0.4, 0.5) is 11.4 Å². The predicted molar refractivity (Wildman–Crippen MR) is 149 cm³/mol. The van der Waals surface area contributed by atoms with Crippen molar-refractivity contribution in [1.29, 1.82) is 0 Å². The summed E-state index contributed by atoms with van der Waals surface area (Å²) in [6.07, 6.45) is 3.17. The van der Waals surface area contributed by atoms with Gasteiger partial charge >= 0.3 is 0 Å². The predicted octanol–water partition coefficient (Wildman–Crippen LogP) is 5.92. The van der Waals surface area contributed by atoms with Crippen LogP contribution in [-0.4, -0.2) is 41.4 Å². The second-order valence-electron chi connectivity index (χ2n) is 9.72. The maximum Gasteiger partial charge on any atom is 0.255 e. The van der Waals surface area contributed by atoms with Crippen LogP contribution in [0.2, 0.25) is 5.02 Å². The lowest BCUT2D eigenvalue weighted by Gasteiger charge is -2.30. The zero-order chi connectivity index (χ0) is 26.1. The van der Waals surface area contributed by atoms with E-state index in [-0.39, 0.29) is 11.8 Å². The van der Waals surface area contributed by atoms with Crippen LogP contribution in [0, 0.1) is 0 Å². The highest BCUT2D eigenvalue weighted by Crippen LogP contribution is 2.29. The van der Waals surface area contributed by atoms with Crippen molar-refractivity contribution in [2.75, 3.05) is 30.3 Å². The van der Waals surface area contributed by atoms with Crippen molar-refractivity contribution in [2.45, 2.75) is 25.8 Å². The largest absolute Gasteiger partial charge is 0.493 e. The number of hydrogen-bond donors (Lipinski definition) is 2. The van der Waals surface area contributed by atoms with Gasteiger partial charge in [-0.1, -0.05) is 23.7 Å². The number of halogens is 1. The molecule has 3 aromatic carbocycles. The van der Waals surface area contributed by atoms with Gasteiger partial charge < -0.3 is 15.4 Å². The molecule has 7 nitrogen and oxygen atoms in total. The van der Waals surface area contributed by atoms with Gasteiger partial charge in [-0.3, -0.25) is 19.5 Å². The van der Waals surface area contributed by atoms with Crippen LogP contribution >= 0.6 is 11.6 Å². The number of carbonyl (C=O) groups is 2. The van der Waals surface area contributed by atoms with E-state index in [0.29, 0.717) is 34.1 Å². The van der Waals surface area contributed by atoms with E-state index in [0.717, 1.165) is 60.4 Å².